The SMILES string of the molecule is NC1(C(=O)N2CC(=O)N(Cc3cccc(C(F)(F)F)c3)[C@@H](CCc3ccccc3)C2)CCCCC1. The average molecular weight is 488 g/mol. The predicted octanol–water partition coefficient (Wildman–Crippen LogP) is 4.54. The van der Waals surface area contributed by atoms with Crippen LogP contribution in [0, 0.1) is 0 Å². The zero-order valence-electron chi connectivity index (χ0n) is 19.8. The topological polar surface area (TPSA) is 66.6 Å². The molecule has 2 aromatic carbocycles. The fourth-order valence-corrected chi connectivity index (χ4v) is 5.23. The summed E-state index contributed by atoms with van der Waals surface area (Å²) in [6.45, 7) is 0.298. The van der Waals surface area contributed by atoms with Crippen molar-refractivity contribution in [3.05, 3.63) is 71.3 Å². The van der Waals surface area contributed by atoms with Crippen LogP contribution < -0.4 is 5.73 Å². The van der Waals surface area contributed by atoms with Crippen molar-refractivity contribution >= 4 is 11.8 Å². The normalized spacial score (nSPS) is 20.7. The van der Waals surface area contributed by atoms with Crippen LogP contribution in [0.1, 0.15) is 55.2 Å². The quantitative estimate of drug-likeness (QED) is 0.651. The summed E-state index contributed by atoms with van der Waals surface area (Å²) in [7, 11) is 0. The number of nitrogens with zero attached hydrogens (tertiary/aromatic N) is 2. The highest BCUT2D eigenvalue weighted by Crippen LogP contribution is 2.32. The van der Waals surface area contributed by atoms with E-state index in [1.807, 2.05) is 30.3 Å². The summed E-state index contributed by atoms with van der Waals surface area (Å²) in [5, 5.41) is 0. The standard InChI is InChI=1S/C27H32F3N3O2/c28-27(29,30)22-11-7-10-21(16-22)17-33-23(13-12-20-8-3-1-4-9-20)18-32(19-24(33)34)25(35)26(31)14-5-2-6-15-26/h1,3-4,7-11,16,23H,2,5-6,12-15,17-19,31H2/t23-/m0/s1. The maximum atomic E-state index is 13.4. The highest BCUT2D eigenvalue weighted by molar-refractivity contribution is 5.91. The number of halogens is 3. The van der Waals surface area contributed by atoms with E-state index in [0.717, 1.165) is 37.0 Å². The summed E-state index contributed by atoms with van der Waals surface area (Å²) < 4.78 is 39.7. The van der Waals surface area contributed by atoms with E-state index in [9.17, 15) is 22.8 Å². The Bertz CT molecular complexity index is 1040. The Kier molecular flexibility index (Phi) is 7.50. The Balaban J connectivity index is 1.55. The number of aryl methyl sites for hydroxylation is 1. The first kappa shape index (κ1) is 25.2. The minimum absolute atomic E-state index is 0.0675. The summed E-state index contributed by atoms with van der Waals surface area (Å²) in [4.78, 5) is 29.8. The molecule has 1 aliphatic carbocycles. The Hall–Kier alpha value is -2.87. The molecule has 0 bridgehead atoms. The van der Waals surface area contributed by atoms with Crippen LogP contribution in [0.5, 0.6) is 0 Å². The van der Waals surface area contributed by atoms with Crippen molar-refractivity contribution in [1.82, 2.24) is 9.80 Å². The number of carbonyl (C=O) groups is 2. The summed E-state index contributed by atoms with van der Waals surface area (Å²) in [6, 6.07) is 14.6. The van der Waals surface area contributed by atoms with Gasteiger partial charge in [-0.1, -0.05) is 61.7 Å². The predicted molar refractivity (Wildman–Crippen MR) is 127 cm³/mol. The first-order valence-electron chi connectivity index (χ1n) is 12.2. The number of hydrogen-bond donors (Lipinski definition) is 1. The molecule has 1 atom stereocenters. The maximum Gasteiger partial charge on any atom is 0.416 e. The second kappa shape index (κ2) is 10.4. The van der Waals surface area contributed by atoms with Crippen molar-refractivity contribution in [2.24, 2.45) is 5.73 Å². The van der Waals surface area contributed by atoms with E-state index in [1.165, 1.54) is 6.07 Å². The third-order valence-corrected chi connectivity index (χ3v) is 7.19. The lowest BCUT2D eigenvalue weighted by atomic mass is 9.81. The van der Waals surface area contributed by atoms with Gasteiger partial charge in [-0.15, -0.1) is 0 Å². The van der Waals surface area contributed by atoms with Crippen molar-refractivity contribution in [1.29, 1.82) is 0 Å². The molecule has 5 nitrogen and oxygen atoms in total. The number of nitrogens with two attached hydrogens (primary N) is 1. The molecule has 0 unspecified atom stereocenters. The van der Waals surface area contributed by atoms with Crippen molar-refractivity contribution in [3.8, 4) is 0 Å². The van der Waals surface area contributed by atoms with Crippen molar-refractivity contribution in [2.75, 3.05) is 13.1 Å². The first-order chi connectivity index (χ1) is 16.7. The van der Waals surface area contributed by atoms with Crippen LogP contribution in [0.3, 0.4) is 0 Å². The third kappa shape index (κ3) is 6.04. The Morgan fingerprint density at radius 3 is 2.37 bits per heavy atom. The van der Waals surface area contributed by atoms with Gasteiger partial charge in [0.1, 0.15) is 0 Å². The van der Waals surface area contributed by atoms with Gasteiger partial charge >= 0.3 is 6.18 Å². The molecule has 1 saturated heterocycles. The molecular weight excluding hydrogens is 455 g/mol. The van der Waals surface area contributed by atoms with Gasteiger partial charge in [0.15, 0.2) is 0 Å². The summed E-state index contributed by atoms with van der Waals surface area (Å²) in [5.41, 5.74) is 6.33. The molecule has 0 spiro atoms. The van der Waals surface area contributed by atoms with Crippen LogP contribution in [0.2, 0.25) is 0 Å². The van der Waals surface area contributed by atoms with E-state index >= 15 is 0 Å². The van der Waals surface area contributed by atoms with Gasteiger partial charge in [0, 0.05) is 13.1 Å². The number of alkyl halides is 3. The van der Waals surface area contributed by atoms with Crippen molar-refractivity contribution < 1.29 is 22.8 Å². The minimum atomic E-state index is -4.45. The molecule has 2 N–H and O–H groups in total. The zero-order chi connectivity index (χ0) is 25.1. The summed E-state index contributed by atoms with van der Waals surface area (Å²) in [6.07, 6.45) is 0.886. The van der Waals surface area contributed by atoms with Crippen molar-refractivity contribution in [3.63, 3.8) is 0 Å². The van der Waals surface area contributed by atoms with Gasteiger partial charge in [-0.2, -0.15) is 13.2 Å². The number of amides is 2. The monoisotopic (exact) mass is 487 g/mol. The van der Waals surface area contributed by atoms with Crippen LogP contribution in [0.4, 0.5) is 13.2 Å². The number of hydrogen-bond acceptors (Lipinski definition) is 3. The van der Waals surface area contributed by atoms with Gasteiger partial charge in [-0.25, -0.2) is 0 Å². The summed E-state index contributed by atoms with van der Waals surface area (Å²) in [5.74, 6) is -0.450. The molecule has 1 saturated carbocycles. The third-order valence-electron chi connectivity index (χ3n) is 7.19. The lowest BCUT2D eigenvalue weighted by Crippen LogP contribution is -2.63. The van der Waals surface area contributed by atoms with Gasteiger partial charge in [-0.05, 0) is 48.9 Å². The largest absolute Gasteiger partial charge is 0.416 e. The van der Waals surface area contributed by atoms with E-state index in [-0.39, 0.29) is 30.9 Å². The lowest BCUT2D eigenvalue weighted by molar-refractivity contribution is -0.153. The molecule has 1 aliphatic heterocycles. The van der Waals surface area contributed by atoms with Gasteiger partial charge in [0.2, 0.25) is 11.8 Å². The minimum Gasteiger partial charge on any atom is -0.332 e. The molecule has 188 valence electrons. The fourth-order valence-electron chi connectivity index (χ4n) is 5.23. The molecule has 0 radical (unpaired) electrons. The first-order valence-corrected chi connectivity index (χ1v) is 12.2. The van der Waals surface area contributed by atoms with E-state index in [0.29, 0.717) is 37.8 Å². The van der Waals surface area contributed by atoms with E-state index < -0.39 is 17.3 Å². The second-order valence-corrected chi connectivity index (χ2v) is 9.80. The molecule has 2 amide bonds. The Morgan fingerprint density at radius 2 is 1.69 bits per heavy atom. The number of benzene rings is 2. The lowest BCUT2D eigenvalue weighted by Gasteiger charge is -2.44. The Labute approximate surface area is 204 Å². The number of piperazine rings is 1. The number of carbonyl (C=O) groups excluding carboxylic acids is 2. The smallest absolute Gasteiger partial charge is 0.332 e. The second-order valence-electron chi connectivity index (χ2n) is 9.80. The van der Waals surface area contributed by atoms with E-state index in [4.69, 9.17) is 5.73 Å². The van der Waals surface area contributed by atoms with Crippen LogP contribution in [0.25, 0.3) is 0 Å². The van der Waals surface area contributed by atoms with E-state index in [2.05, 4.69) is 0 Å². The van der Waals surface area contributed by atoms with Gasteiger partial charge < -0.3 is 15.5 Å². The number of rotatable bonds is 6. The molecule has 35 heavy (non-hydrogen) atoms. The van der Waals surface area contributed by atoms with Crippen LogP contribution in [0.15, 0.2) is 54.6 Å². The molecular formula is C27H32F3N3O2. The van der Waals surface area contributed by atoms with Crippen LogP contribution in [-0.4, -0.2) is 46.3 Å². The molecule has 2 aromatic rings. The van der Waals surface area contributed by atoms with Gasteiger partial charge in [0.25, 0.3) is 0 Å². The van der Waals surface area contributed by atoms with Crippen molar-refractivity contribution in [2.45, 2.75) is 69.2 Å². The zero-order valence-corrected chi connectivity index (χ0v) is 19.8. The highest BCUT2D eigenvalue weighted by atomic mass is 19.4. The maximum absolute atomic E-state index is 13.4. The highest BCUT2D eigenvalue weighted by Gasteiger charge is 2.43. The molecule has 1 heterocycles. The molecule has 8 heteroatoms. The Morgan fingerprint density at radius 1 is 1.00 bits per heavy atom. The molecule has 4 rings (SSSR count). The van der Waals surface area contributed by atoms with Gasteiger partial charge in [-0.3, -0.25) is 9.59 Å². The fraction of sp³-hybridized carbons (Fsp3) is 0.481. The molecule has 2 fully saturated rings. The van der Waals surface area contributed by atoms with Gasteiger partial charge in [0.05, 0.1) is 23.7 Å². The van der Waals surface area contributed by atoms with E-state index in [1.54, 1.807) is 15.9 Å². The molecule has 0 aromatic heterocycles. The molecule has 2 aliphatic rings. The average Bonchev–Trinajstić information content (AvgIpc) is 2.84. The van der Waals surface area contributed by atoms with Crippen LogP contribution >= 0.6 is 0 Å². The van der Waals surface area contributed by atoms with Crippen LogP contribution in [-0.2, 0) is 28.7 Å². The summed E-state index contributed by atoms with van der Waals surface area (Å²) >= 11 is 0.